The normalized spacial score (nSPS) is 17.2. The summed E-state index contributed by atoms with van der Waals surface area (Å²) in [6.07, 6.45) is 0.0675. The highest BCUT2D eigenvalue weighted by Gasteiger charge is 2.40. The predicted octanol–water partition coefficient (Wildman–Crippen LogP) is 3.12. The number of carbonyl (C=O) groups is 2. The number of aryl methyl sites for hydroxylation is 2. The van der Waals surface area contributed by atoms with Crippen LogP contribution in [0.5, 0.6) is 5.75 Å². The van der Waals surface area contributed by atoms with Gasteiger partial charge in [-0.2, -0.15) is 5.26 Å². The molecule has 1 aromatic heterocycles. The fourth-order valence-corrected chi connectivity index (χ4v) is 4.05. The molecule has 4 rings (SSSR count). The molecule has 1 aliphatic heterocycles. The number of imidazole rings is 1. The molecule has 0 saturated carbocycles. The minimum atomic E-state index is -1.03. The van der Waals surface area contributed by atoms with Crippen LogP contribution in [0, 0.1) is 24.2 Å². The second-order valence-electron chi connectivity index (χ2n) is 7.56. The highest BCUT2D eigenvalue weighted by atomic mass is 16.5. The molecule has 152 valence electrons. The molecular formula is C23H22N4O3. The van der Waals surface area contributed by atoms with Crippen molar-refractivity contribution < 1.29 is 14.3 Å². The van der Waals surface area contributed by atoms with Crippen LogP contribution in [-0.4, -0.2) is 34.9 Å². The van der Waals surface area contributed by atoms with Gasteiger partial charge in [-0.05, 0) is 36.8 Å². The van der Waals surface area contributed by atoms with Crippen molar-refractivity contribution in [2.24, 2.45) is 13.0 Å². The smallest absolute Gasteiger partial charge is 0.227 e. The number of amides is 1. The molecule has 2 aromatic carbocycles. The van der Waals surface area contributed by atoms with Gasteiger partial charge in [0.1, 0.15) is 11.6 Å². The number of methoxy groups -OCH3 is 1. The molecule has 2 atom stereocenters. The van der Waals surface area contributed by atoms with Crippen LogP contribution in [0.1, 0.15) is 23.7 Å². The number of rotatable bonds is 5. The third-order valence-electron chi connectivity index (χ3n) is 5.65. The van der Waals surface area contributed by atoms with Crippen molar-refractivity contribution in [1.82, 2.24) is 9.55 Å². The van der Waals surface area contributed by atoms with E-state index in [9.17, 15) is 14.9 Å². The maximum Gasteiger partial charge on any atom is 0.227 e. The zero-order chi connectivity index (χ0) is 21.4. The van der Waals surface area contributed by atoms with E-state index in [4.69, 9.17) is 4.74 Å². The molecule has 7 heteroatoms. The Kier molecular flexibility index (Phi) is 5.00. The van der Waals surface area contributed by atoms with Gasteiger partial charge in [0, 0.05) is 25.9 Å². The zero-order valence-electron chi connectivity index (χ0n) is 17.1. The lowest BCUT2D eigenvalue weighted by molar-refractivity contribution is -0.125. The molecule has 1 fully saturated rings. The van der Waals surface area contributed by atoms with Gasteiger partial charge >= 0.3 is 0 Å². The number of nitrogens with zero attached hydrogens (tertiary/aromatic N) is 4. The Morgan fingerprint density at radius 1 is 1.30 bits per heavy atom. The number of para-hydroxylation sites is 2. The van der Waals surface area contributed by atoms with Gasteiger partial charge in [-0.3, -0.25) is 9.59 Å². The van der Waals surface area contributed by atoms with Crippen LogP contribution in [0.2, 0.25) is 0 Å². The minimum absolute atomic E-state index is 0.0675. The lowest BCUT2D eigenvalue weighted by atomic mass is 9.92. The van der Waals surface area contributed by atoms with Gasteiger partial charge < -0.3 is 14.2 Å². The topological polar surface area (TPSA) is 88.2 Å². The predicted molar refractivity (Wildman–Crippen MR) is 112 cm³/mol. The number of aromatic nitrogens is 2. The van der Waals surface area contributed by atoms with Crippen LogP contribution in [0.15, 0.2) is 42.5 Å². The van der Waals surface area contributed by atoms with Crippen molar-refractivity contribution in [2.45, 2.75) is 19.3 Å². The van der Waals surface area contributed by atoms with E-state index in [1.165, 1.54) is 0 Å². The maximum absolute atomic E-state index is 13.3. The van der Waals surface area contributed by atoms with Crippen molar-refractivity contribution in [1.29, 1.82) is 5.26 Å². The van der Waals surface area contributed by atoms with Crippen LogP contribution in [0.25, 0.3) is 11.0 Å². The first-order valence-corrected chi connectivity index (χ1v) is 9.74. The standard InChI is InChI=1S/C23H22N4O3/c1-14-8-9-20(30-3)19(10-14)27-13-15(11-21(27)28)22(29)16(12-24)23-25-17-6-4-5-7-18(17)26(23)2/h4-10,15-16H,11,13H2,1-3H3. The first-order chi connectivity index (χ1) is 14.4. The number of fused-ring (bicyclic) bond motifs is 1. The van der Waals surface area contributed by atoms with Crippen molar-refractivity contribution >= 4 is 28.4 Å². The Balaban J connectivity index is 1.63. The van der Waals surface area contributed by atoms with Gasteiger partial charge in [0.2, 0.25) is 5.91 Å². The number of Topliss-reactive ketones (excluding diaryl/α,β-unsaturated/α-hetero) is 1. The van der Waals surface area contributed by atoms with E-state index in [0.717, 1.165) is 16.6 Å². The Hall–Kier alpha value is -3.66. The molecule has 0 spiro atoms. The van der Waals surface area contributed by atoms with Gasteiger partial charge in [-0.1, -0.05) is 18.2 Å². The van der Waals surface area contributed by atoms with Crippen molar-refractivity contribution in [3.63, 3.8) is 0 Å². The number of benzene rings is 2. The number of anilines is 1. The lowest BCUT2D eigenvalue weighted by Gasteiger charge is -2.20. The van der Waals surface area contributed by atoms with Crippen molar-refractivity contribution in [2.75, 3.05) is 18.6 Å². The number of carbonyl (C=O) groups excluding carboxylic acids is 2. The second-order valence-corrected chi connectivity index (χ2v) is 7.56. The molecule has 0 radical (unpaired) electrons. The first kappa shape index (κ1) is 19.6. The summed E-state index contributed by atoms with van der Waals surface area (Å²) in [5.74, 6) is -1.05. The monoisotopic (exact) mass is 402 g/mol. The Morgan fingerprint density at radius 3 is 2.77 bits per heavy atom. The summed E-state index contributed by atoms with van der Waals surface area (Å²) in [6, 6.07) is 15.2. The Bertz CT molecular complexity index is 1190. The third-order valence-corrected chi connectivity index (χ3v) is 5.65. The number of ether oxygens (including phenoxy) is 1. The quantitative estimate of drug-likeness (QED) is 0.654. The van der Waals surface area contributed by atoms with Crippen molar-refractivity contribution in [3.05, 3.63) is 53.9 Å². The molecule has 1 aliphatic rings. The van der Waals surface area contributed by atoms with E-state index in [1.807, 2.05) is 49.4 Å². The number of hydrogen-bond acceptors (Lipinski definition) is 5. The Morgan fingerprint density at radius 2 is 2.07 bits per heavy atom. The highest BCUT2D eigenvalue weighted by Crippen LogP contribution is 2.35. The molecular weight excluding hydrogens is 380 g/mol. The van der Waals surface area contributed by atoms with Gasteiger partial charge in [0.15, 0.2) is 11.7 Å². The van der Waals surface area contributed by atoms with Gasteiger partial charge in [-0.25, -0.2) is 4.98 Å². The van der Waals surface area contributed by atoms with E-state index >= 15 is 0 Å². The van der Waals surface area contributed by atoms with Crippen molar-refractivity contribution in [3.8, 4) is 11.8 Å². The maximum atomic E-state index is 13.3. The van der Waals surface area contributed by atoms with Crippen LogP contribution in [0.4, 0.5) is 5.69 Å². The van der Waals surface area contributed by atoms with Crippen LogP contribution in [-0.2, 0) is 16.6 Å². The van der Waals surface area contributed by atoms with E-state index in [0.29, 0.717) is 17.3 Å². The lowest BCUT2D eigenvalue weighted by Crippen LogP contribution is -2.28. The molecule has 2 heterocycles. The number of ketones is 1. The summed E-state index contributed by atoms with van der Waals surface area (Å²) in [5, 5.41) is 9.78. The molecule has 0 N–H and O–H groups in total. The number of hydrogen-bond donors (Lipinski definition) is 0. The second kappa shape index (κ2) is 7.64. The molecule has 1 amide bonds. The van der Waals surface area contributed by atoms with Gasteiger partial charge in [0.25, 0.3) is 0 Å². The summed E-state index contributed by atoms with van der Waals surface area (Å²) in [6.45, 7) is 2.16. The molecule has 0 aliphatic carbocycles. The SMILES string of the molecule is COc1ccc(C)cc1N1CC(C(=O)C(C#N)c2nc3ccccc3n2C)CC1=O. The summed E-state index contributed by atoms with van der Waals surface area (Å²) in [5.41, 5.74) is 3.22. The summed E-state index contributed by atoms with van der Waals surface area (Å²) in [7, 11) is 3.35. The largest absolute Gasteiger partial charge is 0.495 e. The summed E-state index contributed by atoms with van der Waals surface area (Å²) >= 11 is 0. The molecule has 7 nitrogen and oxygen atoms in total. The summed E-state index contributed by atoms with van der Waals surface area (Å²) in [4.78, 5) is 32.1. The molecule has 2 unspecified atom stereocenters. The van der Waals surface area contributed by atoms with E-state index in [2.05, 4.69) is 11.1 Å². The third kappa shape index (κ3) is 3.20. The van der Waals surface area contributed by atoms with Crippen LogP contribution >= 0.6 is 0 Å². The molecule has 30 heavy (non-hydrogen) atoms. The minimum Gasteiger partial charge on any atom is -0.495 e. The van der Waals surface area contributed by atoms with Crippen LogP contribution < -0.4 is 9.64 Å². The first-order valence-electron chi connectivity index (χ1n) is 9.74. The fourth-order valence-electron chi connectivity index (χ4n) is 4.05. The van der Waals surface area contributed by atoms with E-state index in [-0.39, 0.29) is 24.7 Å². The highest BCUT2D eigenvalue weighted by molar-refractivity contribution is 6.03. The van der Waals surface area contributed by atoms with Gasteiger partial charge in [-0.15, -0.1) is 0 Å². The van der Waals surface area contributed by atoms with E-state index in [1.54, 1.807) is 23.6 Å². The Labute approximate surface area is 174 Å². The molecule has 3 aromatic rings. The number of nitriles is 1. The average Bonchev–Trinajstić information content (AvgIpc) is 3.29. The van der Waals surface area contributed by atoms with Gasteiger partial charge in [0.05, 0.1) is 29.9 Å². The zero-order valence-corrected chi connectivity index (χ0v) is 17.1. The van der Waals surface area contributed by atoms with Crippen LogP contribution in [0.3, 0.4) is 0 Å². The fraction of sp³-hybridized carbons (Fsp3) is 0.304. The molecule has 1 saturated heterocycles. The summed E-state index contributed by atoms with van der Waals surface area (Å²) < 4.78 is 7.18. The van der Waals surface area contributed by atoms with E-state index < -0.39 is 11.8 Å². The molecule has 0 bridgehead atoms. The average molecular weight is 402 g/mol.